The third kappa shape index (κ3) is 1.79. The van der Waals surface area contributed by atoms with Gasteiger partial charge in [-0.3, -0.25) is 4.99 Å². The number of nitrogens with zero attached hydrogens (tertiary/aromatic N) is 2. The van der Waals surface area contributed by atoms with Crippen molar-refractivity contribution in [2.24, 2.45) is 4.99 Å². The van der Waals surface area contributed by atoms with Gasteiger partial charge in [-0.15, -0.1) is 0 Å². The van der Waals surface area contributed by atoms with E-state index < -0.39 is 0 Å². The Bertz CT molecular complexity index is 305. The average molecular weight is 188 g/mol. The second-order valence-corrected chi connectivity index (χ2v) is 3.59. The molecule has 0 radical (unpaired) electrons. The van der Waals surface area contributed by atoms with Gasteiger partial charge in [0.15, 0.2) is 0 Å². The van der Waals surface area contributed by atoms with E-state index in [1.165, 1.54) is 5.56 Å². The molecule has 1 aliphatic heterocycles. The van der Waals surface area contributed by atoms with Crippen LogP contribution in [0.4, 0.5) is 0 Å². The van der Waals surface area contributed by atoms with Crippen molar-refractivity contribution in [2.75, 3.05) is 13.1 Å². The van der Waals surface area contributed by atoms with Gasteiger partial charge in [0.05, 0.1) is 18.9 Å². The molecule has 2 heteroatoms. The lowest BCUT2D eigenvalue weighted by atomic mass is 10.0. The first-order chi connectivity index (χ1) is 6.92. The molecule has 0 N–H and O–H groups in total. The molecule has 2 nitrogen and oxygen atoms in total. The van der Waals surface area contributed by atoms with Gasteiger partial charge in [-0.1, -0.05) is 37.3 Å². The molecule has 0 amide bonds. The Morgan fingerprint density at radius 1 is 1.36 bits per heavy atom. The molecule has 1 atom stereocenters. The normalized spacial score (nSPS) is 17.4. The maximum Gasteiger partial charge on any atom is 0.0856 e. The Kier molecular flexibility index (Phi) is 2.82. The molecule has 0 aliphatic carbocycles. The third-order valence-electron chi connectivity index (χ3n) is 2.69. The Labute approximate surface area is 85.3 Å². The summed E-state index contributed by atoms with van der Waals surface area (Å²) in [4.78, 5) is 6.59. The summed E-state index contributed by atoms with van der Waals surface area (Å²) in [5, 5.41) is 0. The van der Waals surface area contributed by atoms with E-state index in [2.05, 4.69) is 47.1 Å². The molecule has 1 aliphatic rings. The van der Waals surface area contributed by atoms with E-state index in [0.29, 0.717) is 6.04 Å². The van der Waals surface area contributed by atoms with Crippen LogP contribution in [0.3, 0.4) is 0 Å². The van der Waals surface area contributed by atoms with Crippen LogP contribution < -0.4 is 0 Å². The van der Waals surface area contributed by atoms with Crippen LogP contribution in [0.2, 0.25) is 0 Å². The maximum absolute atomic E-state index is 4.26. The predicted molar refractivity (Wildman–Crippen MR) is 59.5 cm³/mol. The van der Waals surface area contributed by atoms with Crippen LogP contribution in [0.1, 0.15) is 24.9 Å². The van der Waals surface area contributed by atoms with Crippen LogP contribution >= 0.6 is 0 Å². The summed E-state index contributed by atoms with van der Waals surface area (Å²) in [7, 11) is 0. The molecule has 1 unspecified atom stereocenters. The molecule has 0 aromatic heterocycles. The molecular weight excluding hydrogens is 172 g/mol. The summed E-state index contributed by atoms with van der Waals surface area (Å²) >= 11 is 0. The summed E-state index contributed by atoms with van der Waals surface area (Å²) in [5.74, 6) is 0. The fourth-order valence-electron chi connectivity index (χ4n) is 1.97. The lowest BCUT2D eigenvalue weighted by molar-refractivity contribution is 0.342. The molecule has 0 saturated carbocycles. The average Bonchev–Trinajstić information content (AvgIpc) is 2.74. The van der Waals surface area contributed by atoms with Crippen LogP contribution in [0.15, 0.2) is 35.3 Å². The smallest absolute Gasteiger partial charge is 0.0856 e. The second-order valence-electron chi connectivity index (χ2n) is 3.59. The van der Waals surface area contributed by atoms with Crippen LogP contribution in [0.5, 0.6) is 0 Å². The summed E-state index contributed by atoms with van der Waals surface area (Å²) in [6.07, 6.45) is 3.12. The number of aliphatic imine (C=N–C) groups is 1. The number of rotatable bonds is 3. The Morgan fingerprint density at radius 3 is 2.71 bits per heavy atom. The van der Waals surface area contributed by atoms with Gasteiger partial charge in [-0.05, 0) is 12.0 Å². The highest BCUT2D eigenvalue weighted by molar-refractivity contribution is 5.58. The predicted octanol–water partition coefficient (Wildman–Crippen LogP) is 2.48. The first-order valence-corrected chi connectivity index (χ1v) is 5.22. The minimum Gasteiger partial charge on any atom is -0.354 e. The summed E-state index contributed by atoms with van der Waals surface area (Å²) in [6, 6.07) is 11.2. The Morgan fingerprint density at radius 2 is 2.14 bits per heavy atom. The zero-order chi connectivity index (χ0) is 9.80. The van der Waals surface area contributed by atoms with Crippen LogP contribution in [-0.4, -0.2) is 24.3 Å². The van der Waals surface area contributed by atoms with Crippen molar-refractivity contribution in [3.8, 4) is 0 Å². The van der Waals surface area contributed by atoms with Gasteiger partial charge in [0.1, 0.15) is 0 Å². The van der Waals surface area contributed by atoms with Crippen molar-refractivity contribution >= 4 is 6.34 Å². The topological polar surface area (TPSA) is 15.6 Å². The number of hydrogen-bond acceptors (Lipinski definition) is 2. The van der Waals surface area contributed by atoms with Gasteiger partial charge >= 0.3 is 0 Å². The molecule has 14 heavy (non-hydrogen) atoms. The Hall–Kier alpha value is -1.31. The third-order valence-corrected chi connectivity index (χ3v) is 2.69. The van der Waals surface area contributed by atoms with Crippen LogP contribution in [0, 0.1) is 0 Å². The zero-order valence-corrected chi connectivity index (χ0v) is 8.56. The molecule has 0 saturated heterocycles. The van der Waals surface area contributed by atoms with Crippen molar-refractivity contribution in [1.29, 1.82) is 0 Å². The molecule has 2 rings (SSSR count). The molecular formula is C12H16N2. The summed E-state index contributed by atoms with van der Waals surface area (Å²) < 4.78 is 0. The highest BCUT2D eigenvalue weighted by Crippen LogP contribution is 2.23. The van der Waals surface area contributed by atoms with Crippen molar-refractivity contribution < 1.29 is 0 Å². The van der Waals surface area contributed by atoms with E-state index in [1.807, 2.05) is 6.34 Å². The fourth-order valence-corrected chi connectivity index (χ4v) is 1.97. The SMILES string of the molecule is CCC(c1ccccc1)N1C=NCC1. The molecule has 0 fully saturated rings. The van der Waals surface area contributed by atoms with Crippen molar-refractivity contribution in [2.45, 2.75) is 19.4 Å². The Balaban J connectivity index is 2.17. The van der Waals surface area contributed by atoms with Crippen molar-refractivity contribution in [3.05, 3.63) is 35.9 Å². The van der Waals surface area contributed by atoms with Gasteiger partial charge in [-0.25, -0.2) is 0 Å². The van der Waals surface area contributed by atoms with Gasteiger partial charge in [0.2, 0.25) is 0 Å². The summed E-state index contributed by atoms with van der Waals surface area (Å²) in [5.41, 5.74) is 1.39. The largest absolute Gasteiger partial charge is 0.354 e. The second kappa shape index (κ2) is 4.27. The monoisotopic (exact) mass is 188 g/mol. The minimum atomic E-state index is 0.502. The highest BCUT2D eigenvalue weighted by atomic mass is 15.2. The van der Waals surface area contributed by atoms with E-state index in [4.69, 9.17) is 0 Å². The zero-order valence-electron chi connectivity index (χ0n) is 8.56. The van der Waals surface area contributed by atoms with E-state index in [9.17, 15) is 0 Å². The van der Waals surface area contributed by atoms with Gasteiger partial charge in [0, 0.05) is 6.54 Å². The van der Waals surface area contributed by atoms with E-state index in [-0.39, 0.29) is 0 Å². The van der Waals surface area contributed by atoms with Gasteiger partial charge < -0.3 is 4.90 Å². The maximum atomic E-state index is 4.26. The molecule has 1 aromatic rings. The molecule has 1 aromatic carbocycles. The number of hydrogen-bond donors (Lipinski definition) is 0. The fraction of sp³-hybridized carbons (Fsp3) is 0.417. The number of benzene rings is 1. The molecule has 0 bridgehead atoms. The first-order valence-electron chi connectivity index (χ1n) is 5.22. The lowest BCUT2D eigenvalue weighted by Crippen LogP contribution is -2.25. The first kappa shape index (κ1) is 9.25. The van der Waals surface area contributed by atoms with Crippen LogP contribution in [0.25, 0.3) is 0 Å². The molecule has 1 heterocycles. The minimum absolute atomic E-state index is 0.502. The standard InChI is InChI=1S/C12H16N2/c1-2-12(14-9-8-13-10-14)11-6-4-3-5-7-11/h3-7,10,12H,2,8-9H2,1H3. The quantitative estimate of drug-likeness (QED) is 0.711. The van der Waals surface area contributed by atoms with E-state index in [0.717, 1.165) is 19.5 Å². The highest BCUT2D eigenvalue weighted by Gasteiger charge is 2.17. The molecule has 74 valence electrons. The van der Waals surface area contributed by atoms with Crippen molar-refractivity contribution in [3.63, 3.8) is 0 Å². The summed E-state index contributed by atoms with van der Waals surface area (Å²) in [6.45, 7) is 4.24. The molecule has 0 spiro atoms. The van der Waals surface area contributed by atoms with Crippen LogP contribution in [-0.2, 0) is 0 Å². The lowest BCUT2D eigenvalue weighted by Gasteiger charge is -2.25. The van der Waals surface area contributed by atoms with Gasteiger partial charge in [0.25, 0.3) is 0 Å². The van der Waals surface area contributed by atoms with E-state index in [1.54, 1.807) is 0 Å². The van der Waals surface area contributed by atoms with Gasteiger partial charge in [-0.2, -0.15) is 0 Å². The van der Waals surface area contributed by atoms with Crippen molar-refractivity contribution in [1.82, 2.24) is 4.90 Å². The van der Waals surface area contributed by atoms with E-state index >= 15 is 0 Å².